The number of ether oxygens (including phenoxy) is 1. The topological polar surface area (TPSA) is 116 Å². The zero-order valence-electron chi connectivity index (χ0n) is 18.8. The van der Waals surface area contributed by atoms with E-state index in [-0.39, 0.29) is 18.2 Å². The Morgan fingerprint density at radius 3 is 2.45 bits per heavy atom. The summed E-state index contributed by atoms with van der Waals surface area (Å²) in [6, 6.07) is 6.03. The van der Waals surface area contributed by atoms with Gasteiger partial charge in [0.1, 0.15) is 5.82 Å². The zero-order valence-corrected chi connectivity index (χ0v) is 18.8. The molecule has 1 saturated heterocycles. The molecular weight excluding hydrogens is 429 g/mol. The fourth-order valence-corrected chi connectivity index (χ4v) is 3.66. The molecule has 3 N–H and O–H groups in total. The van der Waals surface area contributed by atoms with Gasteiger partial charge in [-0.3, -0.25) is 4.79 Å². The number of morpholine rings is 1. The first-order chi connectivity index (χ1) is 15.7. The van der Waals surface area contributed by atoms with Gasteiger partial charge in [0.05, 0.1) is 43.2 Å². The highest BCUT2D eigenvalue weighted by Gasteiger charge is 2.22. The van der Waals surface area contributed by atoms with Gasteiger partial charge in [-0.15, -0.1) is 0 Å². The lowest BCUT2D eigenvalue weighted by molar-refractivity contribution is -0.139. The number of benzene rings is 1. The van der Waals surface area contributed by atoms with E-state index >= 15 is 0 Å². The summed E-state index contributed by atoms with van der Waals surface area (Å²) in [4.78, 5) is 22.4. The number of hydrogen-bond acceptors (Lipinski definition) is 7. The summed E-state index contributed by atoms with van der Waals surface area (Å²) in [6.07, 6.45) is 0.410. The Balaban J connectivity index is 2.02. The summed E-state index contributed by atoms with van der Waals surface area (Å²) in [5.41, 5.74) is 2.75. The van der Waals surface area contributed by atoms with Gasteiger partial charge < -0.3 is 25.0 Å². The van der Waals surface area contributed by atoms with Crippen LogP contribution >= 0.6 is 0 Å². The van der Waals surface area contributed by atoms with Crippen molar-refractivity contribution in [3.8, 4) is 11.3 Å². The van der Waals surface area contributed by atoms with Crippen molar-refractivity contribution < 1.29 is 29.2 Å². The van der Waals surface area contributed by atoms with E-state index in [1.807, 2.05) is 18.7 Å². The van der Waals surface area contributed by atoms with E-state index in [0.717, 1.165) is 5.69 Å². The molecule has 2 atom stereocenters. The van der Waals surface area contributed by atoms with Gasteiger partial charge in [0.2, 0.25) is 5.95 Å². The van der Waals surface area contributed by atoms with E-state index in [9.17, 15) is 19.4 Å². The highest BCUT2D eigenvalue weighted by molar-refractivity contribution is 5.75. The monoisotopic (exact) mass is 459 g/mol. The van der Waals surface area contributed by atoms with Crippen molar-refractivity contribution in [3.05, 3.63) is 47.4 Å². The number of aliphatic hydroxyl groups excluding tert-OH is 2. The first-order valence-corrected chi connectivity index (χ1v) is 11.0. The Morgan fingerprint density at radius 1 is 1.18 bits per heavy atom. The molecule has 3 rings (SSSR count). The molecule has 1 aromatic heterocycles. The van der Waals surface area contributed by atoms with E-state index in [1.54, 1.807) is 18.2 Å². The van der Waals surface area contributed by atoms with Crippen LogP contribution in [0.15, 0.2) is 30.3 Å². The summed E-state index contributed by atoms with van der Waals surface area (Å²) in [6.45, 7) is 6.50. The van der Waals surface area contributed by atoms with Crippen LogP contribution in [0.5, 0.6) is 0 Å². The van der Waals surface area contributed by atoms with Crippen molar-refractivity contribution in [2.45, 2.75) is 44.8 Å². The molecule has 0 unspecified atom stereocenters. The fraction of sp³-hybridized carbons (Fsp3) is 0.458. The van der Waals surface area contributed by atoms with Gasteiger partial charge in [0, 0.05) is 30.6 Å². The number of rotatable bonds is 9. The number of carbonyl (C=O) groups is 1. The lowest BCUT2D eigenvalue weighted by Gasteiger charge is -2.28. The van der Waals surface area contributed by atoms with Gasteiger partial charge in [0.15, 0.2) is 0 Å². The third-order valence-corrected chi connectivity index (χ3v) is 5.33. The molecule has 9 heteroatoms. The van der Waals surface area contributed by atoms with E-state index in [2.05, 4.69) is 0 Å². The maximum atomic E-state index is 13.6. The van der Waals surface area contributed by atoms with Crippen LogP contribution in [-0.2, 0) is 9.53 Å². The summed E-state index contributed by atoms with van der Waals surface area (Å²) in [5, 5.41) is 28.9. The molecule has 2 aromatic rings. The van der Waals surface area contributed by atoms with Crippen molar-refractivity contribution in [2.24, 2.45) is 0 Å². The van der Waals surface area contributed by atoms with Gasteiger partial charge >= 0.3 is 5.97 Å². The van der Waals surface area contributed by atoms with E-state index in [1.165, 1.54) is 18.2 Å². The second kappa shape index (κ2) is 11.3. The second-order valence-electron chi connectivity index (χ2n) is 8.35. The minimum Gasteiger partial charge on any atom is -0.481 e. The van der Waals surface area contributed by atoms with Crippen LogP contribution in [0.4, 0.5) is 10.3 Å². The molecule has 1 aliphatic heterocycles. The molecule has 8 nitrogen and oxygen atoms in total. The smallest absolute Gasteiger partial charge is 0.305 e. The number of halogens is 1. The van der Waals surface area contributed by atoms with Crippen LogP contribution in [-0.4, -0.2) is 69.8 Å². The summed E-state index contributed by atoms with van der Waals surface area (Å²) >= 11 is 0. The number of carboxylic acid groups (broad SMARTS) is 1. The van der Waals surface area contributed by atoms with E-state index in [4.69, 9.17) is 19.8 Å². The molecule has 0 amide bonds. The molecule has 0 radical (unpaired) electrons. The highest BCUT2D eigenvalue weighted by atomic mass is 19.1. The van der Waals surface area contributed by atoms with Gasteiger partial charge in [-0.1, -0.05) is 26.0 Å². The first-order valence-electron chi connectivity index (χ1n) is 11.0. The second-order valence-corrected chi connectivity index (χ2v) is 8.35. The minimum atomic E-state index is -1.16. The molecule has 33 heavy (non-hydrogen) atoms. The fourth-order valence-electron chi connectivity index (χ4n) is 3.66. The number of nitrogens with zero attached hydrogens (tertiary/aromatic N) is 3. The Labute approximate surface area is 192 Å². The average molecular weight is 460 g/mol. The molecule has 0 saturated carbocycles. The van der Waals surface area contributed by atoms with Crippen molar-refractivity contribution in [1.29, 1.82) is 0 Å². The Hall–Kier alpha value is -2.88. The quantitative estimate of drug-likeness (QED) is 0.524. The number of aliphatic hydroxyl groups is 2. The lowest BCUT2D eigenvalue weighted by Crippen LogP contribution is -2.37. The number of aliphatic carboxylic acids is 1. The van der Waals surface area contributed by atoms with Crippen LogP contribution in [0.1, 0.15) is 43.9 Å². The lowest BCUT2D eigenvalue weighted by atomic mass is 9.97. The predicted octanol–water partition coefficient (Wildman–Crippen LogP) is 2.84. The normalized spacial score (nSPS) is 16.4. The summed E-state index contributed by atoms with van der Waals surface area (Å²) in [5.74, 6) is -0.894. The zero-order chi connectivity index (χ0) is 24.0. The number of aromatic nitrogens is 2. The molecule has 2 heterocycles. The van der Waals surface area contributed by atoms with Crippen LogP contribution in [0.2, 0.25) is 0 Å². The average Bonchev–Trinajstić information content (AvgIpc) is 2.77. The van der Waals surface area contributed by atoms with Crippen LogP contribution in [0.25, 0.3) is 17.3 Å². The molecule has 0 bridgehead atoms. The van der Waals surface area contributed by atoms with E-state index < -0.39 is 24.6 Å². The van der Waals surface area contributed by atoms with Crippen LogP contribution < -0.4 is 4.90 Å². The van der Waals surface area contributed by atoms with Gasteiger partial charge in [-0.25, -0.2) is 14.4 Å². The van der Waals surface area contributed by atoms with Crippen molar-refractivity contribution in [1.82, 2.24) is 9.97 Å². The van der Waals surface area contributed by atoms with Gasteiger partial charge in [-0.05, 0) is 30.2 Å². The largest absolute Gasteiger partial charge is 0.481 e. The Bertz CT molecular complexity index is 975. The molecule has 1 fully saturated rings. The molecule has 1 aromatic carbocycles. The van der Waals surface area contributed by atoms with Crippen LogP contribution in [0.3, 0.4) is 0 Å². The SMILES string of the molecule is CC(C)c1nc(N2CCOCC2)nc(-c2ccc(F)cc2)c1/C=C/[C@@H](O)C[C@@H](O)CC(=O)O. The standard InChI is InChI=1S/C24H30FN3O5/c1-15(2)22-20(8-7-18(29)13-19(30)14-21(31)32)23(16-3-5-17(25)6-4-16)27-24(26-22)28-9-11-33-12-10-28/h3-8,15,18-19,29-30H,9-14H2,1-2H3,(H,31,32)/b8-7+/t18-,19-/m1/s1. The Kier molecular flexibility index (Phi) is 8.49. The van der Waals surface area contributed by atoms with E-state index in [0.29, 0.717) is 49.1 Å². The third kappa shape index (κ3) is 6.80. The summed E-state index contributed by atoms with van der Waals surface area (Å²) in [7, 11) is 0. The molecule has 0 spiro atoms. The van der Waals surface area contributed by atoms with Crippen molar-refractivity contribution >= 4 is 18.0 Å². The molecular formula is C24H30FN3O5. The number of anilines is 1. The molecule has 178 valence electrons. The van der Waals surface area contributed by atoms with Gasteiger partial charge in [0.25, 0.3) is 0 Å². The van der Waals surface area contributed by atoms with Crippen molar-refractivity contribution in [3.63, 3.8) is 0 Å². The summed E-state index contributed by atoms with van der Waals surface area (Å²) < 4.78 is 19.0. The van der Waals surface area contributed by atoms with Gasteiger partial charge in [-0.2, -0.15) is 0 Å². The Morgan fingerprint density at radius 2 is 1.85 bits per heavy atom. The predicted molar refractivity (Wildman–Crippen MR) is 122 cm³/mol. The molecule has 1 aliphatic rings. The third-order valence-electron chi connectivity index (χ3n) is 5.33. The molecule has 0 aliphatic carbocycles. The highest BCUT2D eigenvalue weighted by Crippen LogP contribution is 2.31. The maximum absolute atomic E-state index is 13.6. The number of hydrogen-bond donors (Lipinski definition) is 3. The van der Waals surface area contributed by atoms with Crippen LogP contribution in [0, 0.1) is 5.82 Å². The van der Waals surface area contributed by atoms with Crippen molar-refractivity contribution in [2.75, 3.05) is 31.2 Å². The minimum absolute atomic E-state index is 0.0291. The first kappa shape index (κ1) is 24.8. The number of carboxylic acids is 1. The maximum Gasteiger partial charge on any atom is 0.305 e.